The van der Waals surface area contributed by atoms with Crippen molar-refractivity contribution in [1.82, 2.24) is 14.8 Å². The van der Waals surface area contributed by atoms with Crippen molar-refractivity contribution in [2.75, 3.05) is 5.32 Å². The van der Waals surface area contributed by atoms with Gasteiger partial charge in [-0.05, 0) is 50.8 Å². The number of pyridine rings is 1. The Balaban J connectivity index is 1.66. The molecule has 132 valence electrons. The summed E-state index contributed by atoms with van der Waals surface area (Å²) in [6.07, 6.45) is 2.76. The fraction of sp³-hybridized carbons (Fsp3) is 0.300. The van der Waals surface area contributed by atoms with Gasteiger partial charge in [0.05, 0.1) is 16.9 Å². The number of hydrogen-bond donors (Lipinski definition) is 1. The van der Waals surface area contributed by atoms with Crippen molar-refractivity contribution in [3.63, 3.8) is 0 Å². The molecule has 0 fully saturated rings. The van der Waals surface area contributed by atoms with Crippen molar-refractivity contribution < 1.29 is 4.79 Å². The molecule has 0 saturated heterocycles. The smallest absolute Gasteiger partial charge is 0.267 e. The van der Waals surface area contributed by atoms with Gasteiger partial charge >= 0.3 is 0 Å². The summed E-state index contributed by atoms with van der Waals surface area (Å²) in [5, 5.41) is 8.24. The van der Waals surface area contributed by atoms with Gasteiger partial charge in [0.25, 0.3) is 5.56 Å². The van der Waals surface area contributed by atoms with Crippen molar-refractivity contribution in [3.8, 4) is 0 Å². The lowest BCUT2D eigenvalue weighted by molar-refractivity contribution is -0.119. The quantitative estimate of drug-likeness (QED) is 0.789. The molecule has 0 radical (unpaired) electrons. The summed E-state index contributed by atoms with van der Waals surface area (Å²) >= 11 is 0. The predicted octanol–water partition coefficient (Wildman–Crippen LogP) is 2.79. The van der Waals surface area contributed by atoms with E-state index in [2.05, 4.69) is 15.4 Å². The summed E-state index contributed by atoms with van der Waals surface area (Å²) in [7, 11) is 0. The van der Waals surface area contributed by atoms with Crippen molar-refractivity contribution in [2.45, 2.75) is 39.2 Å². The van der Waals surface area contributed by atoms with E-state index in [9.17, 15) is 9.59 Å². The zero-order chi connectivity index (χ0) is 18.3. The van der Waals surface area contributed by atoms with E-state index < -0.39 is 6.04 Å². The van der Waals surface area contributed by atoms with E-state index in [0.717, 1.165) is 47.1 Å². The average Bonchev–Trinajstić information content (AvgIpc) is 3.07. The largest absolute Gasteiger partial charge is 0.324 e. The van der Waals surface area contributed by atoms with Crippen LogP contribution in [-0.2, 0) is 17.6 Å². The zero-order valence-corrected chi connectivity index (χ0v) is 14.8. The topological polar surface area (TPSA) is 76.9 Å². The summed E-state index contributed by atoms with van der Waals surface area (Å²) in [5.41, 5.74) is 4.04. The molecule has 3 aromatic rings. The molecule has 0 unspecified atom stereocenters. The van der Waals surface area contributed by atoms with E-state index in [-0.39, 0.29) is 11.5 Å². The molecular weight excluding hydrogens is 328 g/mol. The Hall–Kier alpha value is -3.02. The highest BCUT2D eigenvalue weighted by molar-refractivity contribution is 6.02. The number of aryl methyl sites for hydroxylation is 3. The molecule has 1 aromatic carbocycles. The normalized spacial score (nSPS) is 14.2. The number of aromatic nitrogens is 3. The SMILES string of the molecule is Cc1cc(NC(=O)[C@H](C)n2nc3c(cc2=O)CCC3)c2ccccc2n1. The molecule has 6 heteroatoms. The maximum absolute atomic E-state index is 12.8. The van der Waals surface area contributed by atoms with E-state index >= 15 is 0 Å². The molecule has 1 aliphatic carbocycles. The minimum atomic E-state index is -0.694. The molecular formula is C20H20N4O2. The number of anilines is 1. The Morgan fingerprint density at radius 2 is 2.04 bits per heavy atom. The van der Waals surface area contributed by atoms with E-state index in [1.165, 1.54) is 4.68 Å². The van der Waals surface area contributed by atoms with Crippen LogP contribution in [0.4, 0.5) is 5.69 Å². The first-order valence-corrected chi connectivity index (χ1v) is 8.82. The van der Waals surface area contributed by atoms with Crippen molar-refractivity contribution in [1.29, 1.82) is 0 Å². The Labute approximate surface area is 150 Å². The standard InChI is InChI=1S/C20H20N4O2/c1-12-10-18(15-7-3-4-8-17(15)21-12)22-20(26)13(2)24-19(25)11-14-6-5-9-16(14)23-24/h3-4,7-8,10-11,13H,5-6,9H2,1-2H3,(H,21,22,26)/t13-/m0/s1. The summed E-state index contributed by atoms with van der Waals surface area (Å²) in [6, 6.07) is 10.4. The number of benzene rings is 1. The van der Waals surface area contributed by atoms with Crippen LogP contribution in [0.25, 0.3) is 10.9 Å². The average molecular weight is 348 g/mol. The molecule has 1 atom stereocenters. The van der Waals surface area contributed by atoms with Crippen molar-refractivity contribution >= 4 is 22.5 Å². The van der Waals surface area contributed by atoms with Gasteiger partial charge in [0, 0.05) is 17.1 Å². The number of rotatable bonds is 3. The highest BCUT2D eigenvalue weighted by atomic mass is 16.2. The van der Waals surface area contributed by atoms with Crippen LogP contribution in [0.5, 0.6) is 0 Å². The summed E-state index contributed by atoms with van der Waals surface area (Å²) in [6.45, 7) is 3.58. The lowest BCUT2D eigenvalue weighted by Crippen LogP contribution is -2.34. The van der Waals surface area contributed by atoms with Crippen LogP contribution in [0, 0.1) is 6.92 Å². The number of amides is 1. The molecule has 26 heavy (non-hydrogen) atoms. The van der Waals surface area contributed by atoms with Crippen LogP contribution in [-0.4, -0.2) is 20.7 Å². The van der Waals surface area contributed by atoms with Gasteiger partial charge < -0.3 is 5.32 Å². The van der Waals surface area contributed by atoms with Gasteiger partial charge in [0.1, 0.15) is 6.04 Å². The van der Waals surface area contributed by atoms with Crippen LogP contribution < -0.4 is 10.9 Å². The molecule has 1 aliphatic rings. The molecule has 0 spiro atoms. The van der Waals surface area contributed by atoms with Crippen molar-refractivity contribution in [3.05, 3.63) is 63.7 Å². The second-order valence-corrected chi connectivity index (χ2v) is 6.75. The lowest BCUT2D eigenvalue weighted by atomic mass is 10.1. The molecule has 0 bridgehead atoms. The molecule has 6 nitrogen and oxygen atoms in total. The first kappa shape index (κ1) is 16.4. The minimum absolute atomic E-state index is 0.232. The van der Waals surface area contributed by atoms with E-state index in [1.807, 2.05) is 37.3 Å². The van der Waals surface area contributed by atoms with Crippen LogP contribution in [0.2, 0.25) is 0 Å². The molecule has 0 saturated carbocycles. The Kier molecular flexibility index (Phi) is 4.03. The number of carbonyl (C=O) groups is 1. The zero-order valence-electron chi connectivity index (χ0n) is 14.8. The third kappa shape index (κ3) is 2.87. The Morgan fingerprint density at radius 3 is 2.88 bits per heavy atom. The molecule has 2 aromatic heterocycles. The Morgan fingerprint density at radius 1 is 1.23 bits per heavy atom. The van der Waals surface area contributed by atoms with Crippen LogP contribution >= 0.6 is 0 Å². The van der Waals surface area contributed by atoms with Gasteiger partial charge in [-0.2, -0.15) is 5.10 Å². The van der Waals surface area contributed by atoms with Crippen LogP contribution in [0.1, 0.15) is 36.3 Å². The van der Waals surface area contributed by atoms with Gasteiger partial charge in [-0.15, -0.1) is 0 Å². The number of nitrogens with one attached hydrogen (secondary N) is 1. The van der Waals surface area contributed by atoms with E-state index in [1.54, 1.807) is 13.0 Å². The number of carbonyl (C=O) groups excluding carboxylic acids is 1. The number of hydrogen-bond acceptors (Lipinski definition) is 4. The maximum atomic E-state index is 12.8. The highest BCUT2D eigenvalue weighted by Gasteiger charge is 2.22. The second-order valence-electron chi connectivity index (χ2n) is 6.75. The highest BCUT2D eigenvalue weighted by Crippen LogP contribution is 2.24. The maximum Gasteiger partial charge on any atom is 0.267 e. The number of nitrogens with zero attached hydrogens (tertiary/aromatic N) is 3. The lowest BCUT2D eigenvalue weighted by Gasteiger charge is -2.16. The van der Waals surface area contributed by atoms with Gasteiger partial charge in [-0.1, -0.05) is 18.2 Å². The van der Waals surface area contributed by atoms with Gasteiger partial charge in [-0.3, -0.25) is 14.6 Å². The van der Waals surface area contributed by atoms with Crippen LogP contribution in [0.3, 0.4) is 0 Å². The van der Waals surface area contributed by atoms with Crippen molar-refractivity contribution in [2.24, 2.45) is 0 Å². The van der Waals surface area contributed by atoms with E-state index in [0.29, 0.717) is 5.69 Å². The fourth-order valence-electron chi connectivity index (χ4n) is 3.45. The molecule has 4 rings (SSSR count). The van der Waals surface area contributed by atoms with E-state index in [4.69, 9.17) is 0 Å². The third-order valence-corrected chi connectivity index (χ3v) is 4.83. The molecule has 2 heterocycles. The fourth-order valence-corrected chi connectivity index (χ4v) is 3.45. The third-order valence-electron chi connectivity index (χ3n) is 4.83. The van der Waals surface area contributed by atoms with Gasteiger partial charge in [0.2, 0.25) is 5.91 Å². The number of fused-ring (bicyclic) bond motifs is 2. The first-order chi connectivity index (χ1) is 12.5. The van der Waals surface area contributed by atoms with Gasteiger partial charge in [-0.25, -0.2) is 4.68 Å². The molecule has 1 N–H and O–H groups in total. The monoisotopic (exact) mass is 348 g/mol. The number of para-hydroxylation sites is 1. The predicted molar refractivity (Wildman–Crippen MR) is 100 cm³/mol. The minimum Gasteiger partial charge on any atom is -0.324 e. The Bertz CT molecular complexity index is 1070. The molecule has 0 aliphatic heterocycles. The second kappa shape index (κ2) is 6.37. The van der Waals surface area contributed by atoms with Gasteiger partial charge in [0.15, 0.2) is 0 Å². The van der Waals surface area contributed by atoms with Crippen LogP contribution in [0.15, 0.2) is 41.2 Å². The summed E-state index contributed by atoms with van der Waals surface area (Å²) in [4.78, 5) is 29.6. The molecule has 1 amide bonds. The first-order valence-electron chi connectivity index (χ1n) is 8.82. The summed E-state index contributed by atoms with van der Waals surface area (Å²) in [5.74, 6) is -0.270. The summed E-state index contributed by atoms with van der Waals surface area (Å²) < 4.78 is 1.29.